The second-order valence-electron chi connectivity index (χ2n) is 6.20. The molecule has 1 saturated carbocycles. The quantitative estimate of drug-likeness (QED) is 0.789. The molecule has 21 heavy (non-hydrogen) atoms. The van der Waals surface area contributed by atoms with Crippen LogP contribution in [0.3, 0.4) is 0 Å². The van der Waals surface area contributed by atoms with Gasteiger partial charge in [0.15, 0.2) is 0 Å². The Balaban J connectivity index is 3.07. The molecule has 0 aromatic carbocycles. The first-order valence-electron chi connectivity index (χ1n) is 6.87. The Morgan fingerprint density at radius 1 is 1.33 bits per heavy atom. The van der Waals surface area contributed by atoms with Crippen molar-refractivity contribution in [1.29, 1.82) is 0 Å². The molecule has 0 amide bonds. The molecule has 8 heteroatoms. The fourth-order valence-electron chi connectivity index (χ4n) is 2.22. The molecular formula is C13H22F3NO3S. The summed E-state index contributed by atoms with van der Waals surface area (Å²) in [5, 5.41) is 0. The third-order valence-corrected chi connectivity index (χ3v) is 5.15. The van der Waals surface area contributed by atoms with Gasteiger partial charge in [-0.2, -0.15) is 13.2 Å². The highest BCUT2D eigenvalue weighted by Gasteiger charge is 2.62. The zero-order chi connectivity index (χ0) is 16.5. The lowest BCUT2D eigenvalue weighted by molar-refractivity contribution is -0.206. The summed E-state index contributed by atoms with van der Waals surface area (Å²) in [6.45, 7) is 6.28. The molecule has 2 atom stereocenters. The van der Waals surface area contributed by atoms with Crippen LogP contribution < -0.4 is 4.72 Å². The number of rotatable bonds is 5. The number of carbonyl (C=O) groups is 1. The van der Waals surface area contributed by atoms with Gasteiger partial charge in [0, 0.05) is 0 Å². The van der Waals surface area contributed by atoms with Gasteiger partial charge in [-0.3, -0.25) is 4.79 Å². The Morgan fingerprint density at radius 3 is 2.14 bits per heavy atom. The lowest BCUT2D eigenvalue weighted by Gasteiger charge is -2.46. The van der Waals surface area contributed by atoms with Crippen molar-refractivity contribution < 1.29 is 26.9 Å². The van der Waals surface area contributed by atoms with Crippen LogP contribution in [0.5, 0.6) is 0 Å². The van der Waals surface area contributed by atoms with Crippen molar-refractivity contribution in [3.8, 4) is 0 Å². The molecule has 0 aromatic heterocycles. The predicted octanol–water partition coefficient (Wildman–Crippen LogP) is 2.70. The lowest BCUT2D eigenvalue weighted by Crippen LogP contribution is -2.62. The van der Waals surface area contributed by atoms with Crippen LogP contribution in [0.4, 0.5) is 13.2 Å². The standard InChI is InChI=1S/C13H22F3NO3S/c1-5-20-10(18)12(7-6-8-12)9(13(14,15)16)17-21(19)11(2,3)4/h9,17H,5-8H2,1-4H3/t9-,21?/m0/s1. The molecule has 1 N–H and O–H groups in total. The van der Waals surface area contributed by atoms with Crippen molar-refractivity contribution >= 4 is 17.0 Å². The van der Waals surface area contributed by atoms with E-state index in [2.05, 4.69) is 4.72 Å². The molecule has 4 nitrogen and oxygen atoms in total. The van der Waals surface area contributed by atoms with Gasteiger partial charge in [0.2, 0.25) is 0 Å². The molecule has 124 valence electrons. The molecule has 1 aliphatic carbocycles. The van der Waals surface area contributed by atoms with Gasteiger partial charge < -0.3 is 4.74 Å². The normalized spacial score (nSPS) is 21.3. The maximum Gasteiger partial charge on any atom is 0.405 e. The van der Waals surface area contributed by atoms with Crippen LogP contribution in [0.15, 0.2) is 0 Å². The van der Waals surface area contributed by atoms with E-state index in [9.17, 15) is 22.2 Å². The summed E-state index contributed by atoms with van der Waals surface area (Å²) in [4.78, 5) is 12.0. The van der Waals surface area contributed by atoms with Crippen LogP contribution >= 0.6 is 0 Å². The Morgan fingerprint density at radius 2 is 1.86 bits per heavy atom. The number of hydrogen-bond donors (Lipinski definition) is 1. The minimum Gasteiger partial charge on any atom is -0.466 e. The number of halogens is 3. The summed E-state index contributed by atoms with van der Waals surface area (Å²) in [5.41, 5.74) is -1.66. The van der Waals surface area contributed by atoms with Gasteiger partial charge >= 0.3 is 12.1 Å². The maximum absolute atomic E-state index is 13.4. The Kier molecular flexibility index (Phi) is 5.47. The topological polar surface area (TPSA) is 55.4 Å². The van der Waals surface area contributed by atoms with Crippen LogP contribution in [-0.4, -0.2) is 33.8 Å². The van der Waals surface area contributed by atoms with E-state index >= 15 is 0 Å². The van der Waals surface area contributed by atoms with E-state index in [0.29, 0.717) is 6.42 Å². The fourth-order valence-corrected chi connectivity index (χ4v) is 3.15. The lowest BCUT2D eigenvalue weighted by atomic mass is 9.64. The van der Waals surface area contributed by atoms with Crippen molar-refractivity contribution in [2.24, 2.45) is 5.41 Å². The van der Waals surface area contributed by atoms with Gasteiger partial charge in [0.25, 0.3) is 0 Å². The average molecular weight is 329 g/mol. The zero-order valence-electron chi connectivity index (χ0n) is 12.7. The van der Waals surface area contributed by atoms with Crippen LogP contribution in [0, 0.1) is 5.41 Å². The summed E-state index contributed by atoms with van der Waals surface area (Å²) in [7, 11) is -1.93. The smallest absolute Gasteiger partial charge is 0.405 e. The van der Waals surface area contributed by atoms with Gasteiger partial charge in [-0.25, -0.2) is 8.93 Å². The van der Waals surface area contributed by atoms with E-state index in [0.717, 1.165) is 0 Å². The van der Waals surface area contributed by atoms with E-state index < -0.39 is 39.3 Å². The first-order valence-corrected chi connectivity index (χ1v) is 8.02. The number of nitrogens with one attached hydrogen (secondary N) is 1. The number of hydrogen-bond acceptors (Lipinski definition) is 3. The van der Waals surface area contributed by atoms with Crippen molar-refractivity contribution in [2.45, 2.75) is 63.9 Å². The summed E-state index contributed by atoms with van der Waals surface area (Å²) in [5.74, 6) is -0.864. The zero-order valence-corrected chi connectivity index (χ0v) is 13.5. The van der Waals surface area contributed by atoms with Crippen molar-refractivity contribution in [3.63, 3.8) is 0 Å². The minimum absolute atomic E-state index is 0.0213. The molecule has 1 unspecified atom stereocenters. The summed E-state index contributed by atoms with van der Waals surface area (Å²) < 4.78 is 58.3. The Bertz CT molecular complexity index is 414. The predicted molar refractivity (Wildman–Crippen MR) is 73.8 cm³/mol. The summed E-state index contributed by atoms with van der Waals surface area (Å²) in [6, 6.07) is -2.15. The minimum atomic E-state index is -4.67. The molecule has 1 aliphatic rings. The molecule has 0 spiro atoms. The van der Waals surface area contributed by atoms with Gasteiger partial charge in [-0.15, -0.1) is 0 Å². The van der Waals surface area contributed by atoms with E-state index in [1.807, 2.05) is 0 Å². The van der Waals surface area contributed by atoms with Crippen LogP contribution in [0.1, 0.15) is 47.0 Å². The Hall–Kier alpha value is -0.630. The monoisotopic (exact) mass is 329 g/mol. The highest BCUT2D eigenvalue weighted by atomic mass is 32.2. The van der Waals surface area contributed by atoms with E-state index in [1.54, 1.807) is 27.7 Å². The SMILES string of the molecule is CCOC(=O)C1([C@H](NS(=O)C(C)(C)C)C(F)(F)F)CCC1. The molecular weight excluding hydrogens is 307 g/mol. The number of ether oxygens (including phenoxy) is 1. The maximum atomic E-state index is 13.4. The van der Waals surface area contributed by atoms with Gasteiger partial charge in [-0.1, -0.05) is 6.42 Å². The molecule has 0 saturated heterocycles. The molecule has 1 fully saturated rings. The van der Waals surface area contributed by atoms with Gasteiger partial charge in [0.1, 0.15) is 6.04 Å². The molecule has 0 bridgehead atoms. The molecule has 0 aromatic rings. The highest BCUT2D eigenvalue weighted by molar-refractivity contribution is 7.84. The average Bonchev–Trinajstić information content (AvgIpc) is 2.23. The summed E-state index contributed by atoms with van der Waals surface area (Å²) >= 11 is 0. The highest BCUT2D eigenvalue weighted by Crippen LogP contribution is 2.50. The van der Waals surface area contributed by atoms with Gasteiger partial charge in [0.05, 0.1) is 27.8 Å². The summed E-state index contributed by atoms with van der Waals surface area (Å²) in [6.07, 6.45) is -3.97. The third-order valence-electron chi connectivity index (χ3n) is 3.59. The van der Waals surface area contributed by atoms with Crippen molar-refractivity contribution in [2.75, 3.05) is 6.61 Å². The number of carbonyl (C=O) groups excluding carboxylic acids is 1. The third kappa shape index (κ3) is 3.97. The van der Waals surface area contributed by atoms with Crippen molar-refractivity contribution in [3.05, 3.63) is 0 Å². The van der Waals surface area contributed by atoms with E-state index in [-0.39, 0.29) is 19.4 Å². The number of alkyl halides is 3. The second kappa shape index (κ2) is 6.24. The molecule has 0 heterocycles. The Labute approximate surface area is 125 Å². The number of esters is 1. The van der Waals surface area contributed by atoms with Crippen molar-refractivity contribution in [1.82, 2.24) is 4.72 Å². The van der Waals surface area contributed by atoms with Crippen LogP contribution in [0.2, 0.25) is 0 Å². The molecule has 1 rings (SSSR count). The first kappa shape index (κ1) is 18.4. The van der Waals surface area contributed by atoms with E-state index in [1.165, 1.54) is 0 Å². The molecule has 0 radical (unpaired) electrons. The van der Waals surface area contributed by atoms with Crippen LogP contribution in [-0.2, 0) is 20.5 Å². The first-order chi connectivity index (χ1) is 9.45. The fraction of sp³-hybridized carbons (Fsp3) is 0.923. The second-order valence-corrected chi connectivity index (χ2v) is 8.20. The van der Waals surface area contributed by atoms with Gasteiger partial charge in [-0.05, 0) is 40.5 Å². The van der Waals surface area contributed by atoms with E-state index in [4.69, 9.17) is 4.74 Å². The molecule has 0 aliphatic heterocycles. The van der Waals surface area contributed by atoms with Crippen LogP contribution in [0.25, 0.3) is 0 Å². The largest absolute Gasteiger partial charge is 0.466 e.